The maximum Gasteiger partial charge on any atom is 0.136 e. The lowest BCUT2D eigenvalue weighted by Gasteiger charge is -2.18. The molecule has 14 rings (SSSR count). The molecule has 61 heavy (non-hydrogen) atoms. The number of fused-ring (bicyclic) bond motifs is 12. The quantitative estimate of drug-likeness (QED) is 0.132. The maximum atomic E-state index is 6.53. The van der Waals surface area contributed by atoms with E-state index in [4.69, 9.17) is 9.40 Å². The number of hydrogen-bond acceptors (Lipinski definition) is 2. The van der Waals surface area contributed by atoms with E-state index in [0.29, 0.717) is 0 Å². The largest absolute Gasteiger partial charge is 0.456 e. The van der Waals surface area contributed by atoms with Gasteiger partial charge in [0.15, 0.2) is 0 Å². The fraction of sp³-hybridized carbons (Fsp3) is 0. The van der Waals surface area contributed by atoms with E-state index in [1.807, 2.05) is 6.20 Å². The number of benzene rings is 12. The van der Waals surface area contributed by atoms with Crippen molar-refractivity contribution in [3.05, 3.63) is 200 Å². The zero-order valence-corrected chi connectivity index (χ0v) is 32.9. The van der Waals surface area contributed by atoms with Crippen LogP contribution in [0.25, 0.3) is 142 Å². The van der Waals surface area contributed by atoms with Crippen molar-refractivity contribution in [2.75, 3.05) is 0 Å². The van der Waals surface area contributed by atoms with Gasteiger partial charge in [0.25, 0.3) is 0 Å². The number of rotatable bonds is 3. The fourth-order valence-corrected chi connectivity index (χ4v) is 10.7. The normalized spacial score (nSPS) is 12.3. The molecule has 14 aromatic rings. The first-order chi connectivity index (χ1) is 30.2. The third kappa shape index (κ3) is 4.59. The predicted octanol–water partition coefficient (Wildman–Crippen LogP) is 16.6. The van der Waals surface area contributed by atoms with Crippen molar-refractivity contribution >= 4 is 108 Å². The van der Waals surface area contributed by atoms with E-state index in [1.54, 1.807) is 0 Å². The number of nitrogens with zero attached hydrogens (tertiary/aromatic N) is 1. The van der Waals surface area contributed by atoms with Crippen LogP contribution in [0, 0.1) is 0 Å². The summed E-state index contributed by atoms with van der Waals surface area (Å²) < 4.78 is 6.53. The molecule has 2 aromatic heterocycles. The number of aromatic nitrogens is 1. The monoisotopic (exact) mass is 771 g/mol. The molecule has 280 valence electrons. The second kappa shape index (κ2) is 12.2. The summed E-state index contributed by atoms with van der Waals surface area (Å²) in [6, 6.07) is 71.1. The zero-order chi connectivity index (χ0) is 39.8. The second-order valence-corrected chi connectivity index (χ2v) is 16.5. The Hall–Kier alpha value is -8.07. The molecule has 12 aromatic carbocycles. The average Bonchev–Trinajstić information content (AvgIpc) is 3.71. The summed E-state index contributed by atoms with van der Waals surface area (Å²) in [6.45, 7) is 0. The SMILES string of the molecule is c1ccc2c(-c3ccc4ccc5c(-c6ccc(-c7ccc8oc9ccc%10c%11ccccc%11c%11ccccc%11c%10c9c8c7)nc6)ccc6ccc3c4c65)c3ccccc3cc2c1. The van der Waals surface area contributed by atoms with Crippen LogP contribution in [0.4, 0.5) is 0 Å². The minimum atomic E-state index is 0.880. The molecule has 0 aliphatic rings. The van der Waals surface area contributed by atoms with E-state index in [-0.39, 0.29) is 0 Å². The second-order valence-electron chi connectivity index (χ2n) is 16.5. The first-order valence-electron chi connectivity index (χ1n) is 21.0. The Bertz CT molecular complexity index is 4070. The molecular weight excluding hydrogens is 739 g/mol. The molecule has 0 spiro atoms. The highest BCUT2D eigenvalue weighted by atomic mass is 16.3. The fourth-order valence-electron chi connectivity index (χ4n) is 10.7. The van der Waals surface area contributed by atoms with Crippen molar-refractivity contribution in [2.45, 2.75) is 0 Å². The van der Waals surface area contributed by atoms with Gasteiger partial charge in [0.05, 0.1) is 5.69 Å². The van der Waals surface area contributed by atoms with Crippen LogP contribution in [0.2, 0.25) is 0 Å². The van der Waals surface area contributed by atoms with Gasteiger partial charge in [-0.1, -0.05) is 152 Å². The summed E-state index contributed by atoms with van der Waals surface area (Å²) >= 11 is 0. The molecule has 0 N–H and O–H groups in total. The first kappa shape index (κ1) is 32.8. The molecule has 0 saturated carbocycles. The number of pyridine rings is 1. The standard InChI is InChI=1S/C59H33NO/c1-3-11-41-36(9-1)31-37-10-2-4-12-42(37)57(41)50-26-20-35-18-24-47-40(23-17-34-19-25-49(50)56(35)55(34)47)39-21-28-52(60-33-39)38-22-29-53-51(32-38)59-54(61-53)30-27-48-45-15-6-5-13-43(45)44-14-7-8-16-46(44)58(48)59/h1-33H. The Morgan fingerprint density at radius 2 is 0.820 bits per heavy atom. The van der Waals surface area contributed by atoms with Crippen molar-refractivity contribution < 1.29 is 4.42 Å². The van der Waals surface area contributed by atoms with Crippen LogP contribution in [-0.2, 0) is 0 Å². The van der Waals surface area contributed by atoms with Gasteiger partial charge in [0.1, 0.15) is 11.2 Å². The summed E-state index contributed by atoms with van der Waals surface area (Å²) in [4.78, 5) is 5.14. The minimum absolute atomic E-state index is 0.880. The van der Waals surface area contributed by atoms with Gasteiger partial charge in [-0.3, -0.25) is 4.98 Å². The first-order valence-corrected chi connectivity index (χ1v) is 21.0. The third-order valence-corrected chi connectivity index (χ3v) is 13.4. The topological polar surface area (TPSA) is 26.0 Å². The van der Waals surface area contributed by atoms with Crippen molar-refractivity contribution in [1.29, 1.82) is 0 Å². The Morgan fingerprint density at radius 1 is 0.295 bits per heavy atom. The van der Waals surface area contributed by atoms with Crippen LogP contribution in [0.15, 0.2) is 205 Å². The molecule has 0 amide bonds. The molecule has 2 heteroatoms. The van der Waals surface area contributed by atoms with Crippen LogP contribution in [0.1, 0.15) is 0 Å². The van der Waals surface area contributed by atoms with Gasteiger partial charge in [0, 0.05) is 33.5 Å². The number of furan rings is 1. The van der Waals surface area contributed by atoms with E-state index < -0.39 is 0 Å². The lowest BCUT2D eigenvalue weighted by atomic mass is 9.85. The smallest absolute Gasteiger partial charge is 0.136 e. The molecule has 0 atom stereocenters. The van der Waals surface area contributed by atoms with E-state index in [2.05, 4.69) is 194 Å². The molecular formula is C59H33NO. The van der Waals surface area contributed by atoms with Crippen molar-refractivity contribution in [3.8, 4) is 33.5 Å². The van der Waals surface area contributed by atoms with E-state index in [0.717, 1.165) is 38.8 Å². The maximum absolute atomic E-state index is 6.53. The van der Waals surface area contributed by atoms with Crippen LogP contribution in [-0.4, -0.2) is 4.98 Å². The highest BCUT2D eigenvalue weighted by Gasteiger charge is 2.20. The highest BCUT2D eigenvalue weighted by Crippen LogP contribution is 2.46. The summed E-state index contributed by atoms with van der Waals surface area (Å²) in [5.74, 6) is 0. The van der Waals surface area contributed by atoms with Gasteiger partial charge >= 0.3 is 0 Å². The summed E-state index contributed by atoms with van der Waals surface area (Å²) in [6.07, 6.45) is 2.04. The molecule has 2 nitrogen and oxygen atoms in total. The number of hydrogen-bond donors (Lipinski definition) is 0. The summed E-state index contributed by atoms with van der Waals surface area (Å²) in [5, 5.41) is 22.4. The van der Waals surface area contributed by atoms with Crippen LogP contribution < -0.4 is 0 Å². The predicted molar refractivity (Wildman–Crippen MR) is 259 cm³/mol. The van der Waals surface area contributed by atoms with Gasteiger partial charge in [-0.2, -0.15) is 0 Å². The molecule has 2 heterocycles. The van der Waals surface area contributed by atoms with Crippen molar-refractivity contribution in [3.63, 3.8) is 0 Å². The van der Waals surface area contributed by atoms with Crippen LogP contribution in [0.3, 0.4) is 0 Å². The van der Waals surface area contributed by atoms with Crippen molar-refractivity contribution in [2.24, 2.45) is 0 Å². The molecule has 0 aliphatic carbocycles. The summed E-state index contributed by atoms with van der Waals surface area (Å²) in [7, 11) is 0. The lowest BCUT2D eigenvalue weighted by Crippen LogP contribution is -1.91. The molecule has 0 fully saturated rings. The van der Waals surface area contributed by atoms with Crippen LogP contribution >= 0.6 is 0 Å². The summed E-state index contributed by atoms with van der Waals surface area (Å²) in [5.41, 5.74) is 8.62. The van der Waals surface area contributed by atoms with Gasteiger partial charge in [-0.15, -0.1) is 0 Å². The van der Waals surface area contributed by atoms with E-state index >= 15 is 0 Å². The van der Waals surface area contributed by atoms with E-state index in [1.165, 1.54) is 103 Å². The third-order valence-electron chi connectivity index (χ3n) is 13.4. The van der Waals surface area contributed by atoms with E-state index in [9.17, 15) is 0 Å². The van der Waals surface area contributed by atoms with Crippen molar-refractivity contribution in [1.82, 2.24) is 4.98 Å². The Morgan fingerprint density at radius 3 is 1.49 bits per heavy atom. The van der Waals surface area contributed by atoms with Gasteiger partial charge in [-0.05, 0) is 140 Å². The molecule has 0 saturated heterocycles. The van der Waals surface area contributed by atoms with Gasteiger partial charge < -0.3 is 4.42 Å². The molecule has 0 bridgehead atoms. The average molecular weight is 772 g/mol. The lowest BCUT2D eigenvalue weighted by molar-refractivity contribution is 0.669. The zero-order valence-electron chi connectivity index (χ0n) is 32.9. The molecule has 0 unspecified atom stereocenters. The molecule has 0 aliphatic heterocycles. The Kier molecular flexibility index (Phi) is 6.59. The Labute approximate surface area is 349 Å². The Balaban J connectivity index is 0.923. The van der Waals surface area contributed by atoms with Gasteiger partial charge in [0.2, 0.25) is 0 Å². The van der Waals surface area contributed by atoms with Crippen LogP contribution in [0.5, 0.6) is 0 Å². The van der Waals surface area contributed by atoms with Gasteiger partial charge in [-0.25, -0.2) is 0 Å². The highest BCUT2D eigenvalue weighted by molar-refractivity contribution is 6.35. The molecule has 0 radical (unpaired) electrons. The minimum Gasteiger partial charge on any atom is -0.456 e.